The third-order valence-corrected chi connectivity index (χ3v) is 6.58. The highest BCUT2D eigenvalue weighted by Gasteiger charge is 2.23. The molecule has 0 saturated heterocycles. The molecule has 0 aliphatic heterocycles. The number of aliphatic hydroxyl groups excluding tert-OH is 1. The third-order valence-electron chi connectivity index (χ3n) is 6.58. The molecule has 3 aromatic heterocycles. The van der Waals surface area contributed by atoms with Crippen LogP contribution in [0.15, 0.2) is 44.5 Å². The van der Waals surface area contributed by atoms with Crippen LogP contribution in [0.1, 0.15) is 37.5 Å². The average Bonchev–Trinajstić information content (AvgIpc) is 3.48. The Morgan fingerprint density at radius 2 is 1.79 bits per heavy atom. The van der Waals surface area contributed by atoms with Crippen LogP contribution in [0.25, 0.3) is 11.2 Å². The number of likely N-dealkylation sites (N-methyl/N-ethyl adjacent to an activating group) is 1. The van der Waals surface area contributed by atoms with E-state index in [0.717, 1.165) is 11.8 Å². The number of imidazole rings is 1. The fourth-order valence-electron chi connectivity index (χ4n) is 4.57. The minimum atomic E-state index is -0.742. The zero-order valence-electron chi connectivity index (χ0n) is 21.8. The molecule has 3 heterocycles. The Morgan fingerprint density at radius 3 is 2.42 bits per heavy atom. The van der Waals surface area contributed by atoms with Gasteiger partial charge in [0.15, 0.2) is 11.2 Å². The van der Waals surface area contributed by atoms with Gasteiger partial charge in [-0.15, -0.1) is 0 Å². The van der Waals surface area contributed by atoms with Crippen molar-refractivity contribution >= 4 is 16.9 Å². The van der Waals surface area contributed by atoms with Gasteiger partial charge in [0.05, 0.1) is 13.0 Å². The van der Waals surface area contributed by atoms with Crippen molar-refractivity contribution in [3.63, 3.8) is 0 Å². The SMILES string of the molecule is CCCn1c(=O)c2c(nc(Cc3nc(F)co3)n2CCN(CC)CCO)n(CCc2ccc(N)cc2)c1=O. The highest BCUT2D eigenvalue weighted by molar-refractivity contribution is 5.71. The van der Waals surface area contributed by atoms with Crippen molar-refractivity contribution in [3.05, 3.63) is 74.6 Å². The highest BCUT2D eigenvalue weighted by atomic mass is 19.1. The van der Waals surface area contributed by atoms with Gasteiger partial charge in [-0.05, 0) is 37.1 Å². The van der Waals surface area contributed by atoms with Crippen molar-refractivity contribution in [2.45, 2.75) is 52.7 Å². The summed E-state index contributed by atoms with van der Waals surface area (Å²) in [4.78, 5) is 37.7. The van der Waals surface area contributed by atoms with Gasteiger partial charge in [-0.1, -0.05) is 26.0 Å². The minimum Gasteiger partial charge on any atom is -0.445 e. The van der Waals surface area contributed by atoms with Crippen LogP contribution >= 0.6 is 0 Å². The Kier molecular flexibility index (Phi) is 8.74. The molecule has 1 aromatic carbocycles. The fourth-order valence-corrected chi connectivity index (χ4v) is 4.57. The summed E-state index contributed by atoms with van der Waals surface area (Å²) in [6, 6.07) is 7.42. The van der Waals surface area contributed by atoms with E-state index in [0.29, 0.717) is 62.6 Å². The maximum atomic E-state index is 13.7. The summed E-state index contributed by atoms with van der Waals surface area (Å²) >= 11 is 0. The number of rotatable bonds is 13. The zero-order valence-corrected chi connectivity index (χ0v) is 21.8. The molecule has 0 spiro atoms. The van der Waals surface area contributed by atoms with E-state index < -0.39 is 17.2 Å². The van der Waals surface area contributed by atoms with Gasteiger partial charge in [0.1, 0.15) is 12.1 Å². The second-order valence-corrected chi connectivity index (χ2v) is 9.13. The molecule has 3 N–H and O–H groups in total. The van der Waals surface area contributed by atoms with Crippen LogP contribution in [0.2, 0.25) is 0 Å². The van der Waals surface area contributed by atoms with Gasteiger partial charge >= 0.3 is 5.69 Å². The summed E-state index contributed by atoms with van der Waals surface area (Å²) in [5.41, 5.74) is 7.18. The number of hydrogen-bond donors (Lipinski definition) is 2. The normalized spacial score (nSPS) is 11.7. The second-order valence-electron chi connectivity index (χ2n) is 9.13. The summed E-state index contributed by atoms with van der Waals surface area (Å²) < 4.78 is 23.3. The van der Waals surface area contributed by atoms with Gasteiger partial charge in [-0.25, -0.2) is 9.78 Å². The molecule has 4 aromatic rings. The first-order valence-electron chi connectivity index (χ1n) is 12.9. The number of aryl methyl sites for hydroxylation is 2. The zero-order chi connectivity index (χ0) is 27.2. The van der Waals surface area contributed by atoms with Gasteiger partial charge in [-0.2, -0.15) is 9.37 Å². The Hall–Kier alpha value is -3.77. The molecule has 0 radical (unpaired) electrons. The molecule has 204 valence electrons. The third kappa shape index (κ3) is 5.86. The number of anilines is 1. The number of nitrogens with zero attached hydrogens (tertiary/aromatic N) is 6. The van der Waals surface area contributed by atoms with Crippen LogP contribution in [-0.2, 0) is 32.5 Å². The predicted octanol–water partition coefficient (Wildman–Crippen LogP) is 1.63. The van der Waals surface area contributed by atoms with E-state index in [9.17, 15) is 19.1 Å². The van der Waals surface area contributed by atoms with Crippen molar-refractivity contribution in [1.82, 2.24) is 28.6 Å². The molecule has 4 rings (SSSR count). The lowest BCUT2D eigenvalue weighted by Gasteiger charge is -2.20. The molecular weight excluding hydrogens is 493 g/mol. The van der Waals surface area contributed by atoms with Crippen molar-refractivity contribution in [1.29, 1.82) is 0 Å². The quantitative estimate of drug-likeness (QED) is 0.250. The molecule has 0 aliphatic carbocycles. The molecule has 0 fully saturated rings. The number of hydrogen-bond acceptors (Lipinski definition) is 8. The molecule has 0 atom stereocenters. The molecule has 11 nitrogen and oxygen atoms in total. The predicted molar refractivity (Wildman–Crippen MR) is 142 cm³/mol. The van der Waals surface area contributed by atoms with Gasteiger partial charge in [0.25, 0.3) is 11.5 Å². The molecule has 0 unspecified atom stereocenters. The molecule has 38 heavy (non-hydrogen) atoms. The first-order valence-corrected chi connectivity index (χ1v) is 12.9. The van der Waals surface area contributed by atoms with Crippen LogP contribution in [0.4, 0.5) is 10.1 Å². The van der Waals surface area contributed by atoms with E-state index in [-0.39, 0.29) is 31.1 Å². The summed E-state index contributed by atoms with van der Waals surface area (Å²) in [5, 5.41) is 9.41. The second kappa shape index (κ2) is 12.2. The maximum Gasteiger partial charge on any atom is 0.332 e. The molecule has 0 bridgehead atoms. The first-order chi connectivity index (χ1) is 18.4. The van der Waals surface area contributed by atoms with E-state index in [1.54, 1.807) is 16.7 Å². The lowest BCUT2D eigenvalue weighted by Crippen LogP contribution is -2.41. The smallest absolute Gasteiger partial charge is 0.332 e. The maximum absolute atomic E-state index is 13.7. The standard InChI is InChI=1S/C26H34FN7O4/c1-3-10-34-25(36)23-24(33(26(34)37)11-9-18-5-7-19(28)8-6-18)30-21(16-22-29-20(27)17-38-22)32(23)13-12-31(4-2)14-15-35/h5-8,17,35H,3-4,9-16,28H2,1-2H3. The topological polar surface area (TPSA) is 137 Å². The molecule has 0 saturated carbocycles. The number of oxazole rings is 1. The molecule has 12 heteroatoms. The monoisotopic (exact) mass is 527 g/mol. The van der Waals surface area contributed by atoms with Gasteiger partial charge < -0.3 is 19.8 Å². The lowest BCUT2D eigenvalue weighted by atomic mass is 10.1. The number of nitrogen functional groups attached to an aromatic ring is 1. The van der Waals surface area contributed by atoms with E-state index in [2.05, 4.69) is 4.98 Å². The minimum absolute atomic E-state index is 0.00888. The Bertz CT molecular complexity index is 1490. The highest BCUT2D eigenvalue weighted by Crippen LogP contribution is 2.17. The van der Waals surface area contributed by atoms with Crippen LogP contribution in [0.5, 0.6) is 0 Å². The Labute approximate surface area is 219 Å². The van der Waals surface area contributed by atoms with Gasteiger partial charge in [0.2, 0.25) is 5.89 Å². The van der Waals surface area contributed by atoms with E-state index in [1.807, 2.05) is 30.9 Å². The fraction of sp³-hybridized carbons (Fsp3) is 0.462. The Morgan fingerprint density at radius 1 is 1.03 bits per heavy atom. The number of aromatic nitrogens is 5. The lowest BCUT2D eigenvalue weighted by molar-refractivity contribution is 0.197. The van der Waals surface area contributed by atoms with Crippen LogP contribution in [0.3, 0.4) is 0 Å². The van der Waals surface area contributed by atoms with Crippen molar-refractivity contribution in [2.75, 3.05) is 32.0 Å². The summed E-state index contributed by atoms with van der Waals surface area (Å²) in [5.74, 6) is -0.186. The van der Waals surface area contributed by atoms with Gasteiger partial charge in [-0.3, -0.25) is 18.8 Å². The molecule has 0 amide bonds. The average molecular weight is 528 g/mol. The van der Waals surface area contributed by atoms with Crippen LogP contribution < -0.4 is 17.0 Å². The van der Waals surface area contributed by atoms with Crippen molar-refractivity contribution in [2.24, 2.45) is 0 Å². The van der Waals surface area contributed by atoms with Crippen molar-refractivity contribution < 1.29 is 13.9 Å². The van der Waals surface area contributed by atoms with Crippen LogP contribution in [0, 0.1) is 5.95 Å². The molecule has 0 aliphatic rings. The summed E-state index contributed by atoms with van der Waals surface area (Å²) in [6.07, 6.45) is 2.10. The van der Waals surface area contributed by atoms with E-state index in [4.69, 9.17) is 15.1 Å². The molecular formula is C26H34FN7O4. The van der Waals surface area contributed by atoms with E-state index >= 15 is 0 Å². The van der Waals surface area contributed by atoms with Crippen LogP contribution in [-0.4, -0.2) is 59.9 Å². The number of aliphatic hydroxyl groups is 1. The van der Waals surface area contributed by atoms with Gasteiger partial charge in [0, 0.05) is 38.4 Å². The number of benzene rings is 1. The number of nitrogens with two attached hydrogens (primary N) is 1. The largest absolute Gasteiger partial charge is 0.445 e. The Balaban J connectivity index is 1.85. The number of halogens is 1. The summed E-state index contributed by atoms with van der Waals surface area (Å²) in [6.45, 7) is 6.58. The number of fused-ring (bicyclic) bond motifs is 1. The first kappa shape index (κ1) is 27.3. The van der Waals surface area contributed by atoms with Crippen molar-refractivity contribution in [3.8, 4) is 0 Å². The van der Waals surface area contributed by atoms with E-state index in [1.165, 1.54) is 9.13 Å². The summed E-state index contributed by atoms with van der Waals surface area (Å²) in [7, 11) is 0.